The molecule has 0 saturated heterocycles. The summed E-state index contributed by atoms with van der Waals surface area (Å²) in [5, 5.41) is 4.19. The van der Waals surface area contributed by atoms with Crippen molar-refractivity contribution in [3.8, 4) is 0 Å². The van der Waals surface area contributed by atoms with Crippen LogP contribution in [0, 0.1) is 0 Å². The molecule has 0 radical (unpaired) electrons. The first-order valence-electron chi connectivity index (χ1n) is 3.79. The van der Waals surface area contributed by atoms with E-state index < -0.39 is 5.97 Å². The summed E-state index contributed by atoms with van der Waals surface area (Å²) in [4.78, 5) is 15.0. The second-order valence-electron chi connectivity index (χ2n) is 2.60. The minimum Gasteiger partial charge on any atom is -0.465 e. The van der Waals surface area contributed by atoms with Crippen molar-refractivity contribution in [3.05, 3.63) is 29.3 Å². The molecular weight excluding hydrogens is 206 g/mol. The van der Waals surface area contributed by atoms with Gasteiger partial charge in [0.2, 0.25) is 0 Å². The van der Waals surface area contributed by atoms with Crippen molar-refractivity contribution >= 4 is 23.1 Å². The molecule has 2 rings (SSSR count). The van der Waals surface area contributed by atoms with Gasteiger partial charge in [-0.05, 0) is 6.07 Å². The summed E-state index contributed by atoms with van der Waals surface area (Å²) in [6.07, 6.45) is 2.85. The minimum atomic E-state index is -0.424. The molecule has 0 N–H and O–H groups in total. The van der Waals surface area contributed by atoms with Crippen molar-refractivity contribution in [2.45, 2.75) is 0 Å². The summed E-state index contributed by atoms with van der Waals surface area (Å²) in [7, 11) is 1.32. The first-order valence-corrected chi connectivity index (χ1v) is 4.17. The maximum atomic E-state index is 11.2. The Hall–Kier alpha value is -1.62. The number of hydrogen-bond donors (Lipinski definition) is 0. The van der Waals surface area contributed by atoms with Crippen LogP contribution in [-0.2, 0) is 4.74 Å². The SMILES string of the molecule is COC(=O)c1cc2c(Cl)ncnn2c1. The van der Waals surface area contributed by atoms with Crippen molar-refractivity contribution < 1.29 is 9.53 Å². The molecule has 2 aromatic heterocycles. The number of fused-ring (bicyclic) bond motifs is 1. The fourth-order valence-corrected chi connectivity index (χ4v) is 1.31. The second kappa shape index (κ2) is 3.26. The highest BCUT2D eigenvalue weighted by molar-refractivity contribution is 6.32. The van der Waals surface area contributed by atoms with Gasteiger partial charge in [0, 0.05) is 6.20 Å². The van der Waals surface area contributed by atoms with Gasteiger partial charge in [0.05, 0.1) is 12.7 Å². The lowest BCUT2D eigenvalue weighted by Crippen LogP contribution is -1.98. The number of hydrogen-bond acceptors (Lipinski definition) is 4. The van der Waals surface area contributed by atoms with Crippen molar-refractivity contribution in [1.82, 2.24) is 14.6 Å². The van der Waals surface area contributed by atoms with E-state index in [-0.39, 0.29) is 0 Å². The second-order valence-corrected chi connectivity index (χ2v) is 2.96. The lowest BCUT2D eigenvalue weighted by atomic mass is 10.3. The fraction of sp³-hybridized carbons (Fsp3) is 0.125. The molecule has 2 heterocycles. The number of nitrogens with zero attached hydrogens (tertiary/aromatic N) is 3. The van der Waals surface area contributed by atoms with Gasteiger partial charge in [0.1, 0.15) is 11.8 Å². The molecule has 0 atom stereocenters. The maximum absolute atomic E-state index is 11.2. The van der Waals surface area contributed by atoms with Crippen LogP contribution >= 0.6 is 11.6 Å². The third kappa shape index (κ3) is 1.31. The molecule has 0 aliphatic rings. The van der Waals surface area contributed by atoms with Gasteiger partial charge in [0.25, 0.3) is 0 Å². The molecule has 5 nitrogen and oxygen atoms in total. The molecule has 0 fully saturated rings. The molecule has 0 spiro atoms. The van der Waals surface area contributed by atoms with Crippen molar-refractivity contribution in [2.75, 3.05) is 7.11 Å². The minimum absolute atomic E-state index is 0.301. The molecule has 0 bridgehead atoms. The highest BCUT2D eigenvalue weighted by atomic mass is 35.5. The Morgan fingerprint density at radius 3 is 3.07 bits per heavy atom. The van der Waals surface area contributed by atoms with Gasteiger partial charge in [-0.3, -0.25) is 0 Å². The van der Waals surface area contributed by atoms with Crippen LogP contribution in [0.4, 0.5) is 0 Å². The molecule has 0 aromatic carbocycles. The molecular formula is C8H6ClN3O2. The number of aromatic nitrogens is 3. The van der Waals surface area contributed by atoms with Gasteiger partial charge in [0.15, 0.2) is 5.15 Å². The monoisotopic (exact) mass is 211 g/mol. The number of rotatable bonds is 1. The number of ether oxygens (including phenoxy) is 1. The molecule has 0 amide bonds. The highest BCUT2D eigenvalue weighted by Crippen LogP contribution is 2.16. The van der Waals surface area contributed by atoms with Gasteiger partial charge in [-0.1, -0.05) is 11.6 Å². The van der Waals surface area contributed by atoms with E-state index >= 15 is 0 Å². The van der Waals surface area contributed by atoms with Crippen LogP contribution in [0.5, 0.6) is 0 Å². The molecule has 14 heavy (non-hydrogen) atoms. The largest absolute Gasteiger partial charge is 0.465 e. The van der Waals surface area contributed by atoms with Crippen LogP contribution in [0.25, 0.3) is 5.52 Å². The van der Waals surface area contributed by atoms with Gasteiger partial charge in [-0.25, -0.2) is 14.3 Å². The Morgan fingerprint density at radius 1 is 1.64 bits per heavy atom. The normalized spacial score (nSPS) is 10.4. The van der Waals surface area contributed by atoms with Crippen LogP contribution in [0.2, 0.25) is 5.15 Å². The average Bonchev–Trinajstić information content (AvgIpc) is 2.62. The van der Waals surface area contributed by atoms with E-state index in [1.807, 2.05) is 0 Å². The van der Waals surface area contributed by atoms with Crippen LogP contribution in [0.3, 0.4) is 0 Å². The molecule has 72 valence electrons. The highest BCUT2D eigenvalue weighted by Gasteiger charge is 2.10. The Morgan fingerprint density at radius 2 is 2.43 bits per heavy atom. The Kier molecular flexibility index (Phi) is 2.09. The number of carbonyl (C=O) groups is 1. The fourth-order valence-electron chi connectivity index (χ4n) is 1.13. The number of esters is 1. The first kappa shape index (κ1) is 8.96. The standard InChI is InChI=1S/C8H6ClN3O2/c1-14-8(13)5-2-6-7(9)10-4-11-12(6)3-5/h2-4H,1H3. The quantitative estimate of drug-likeness (QED) is 0.665. The van der Waals surface area contributed by atoms with Crippen LogP contribution in [0.1, 0.15) is 10.4 Å². The topological polar surface area (TPSA) is 56.5 Å². The van der Waals surface area contributed by atoms with Gasteiger partial charge in [-0.2, -0.15) is 5.10 Å². The average molecular weight is 212 g/mol. The van der Waals surface area contributed by atoms with Crippen LogP contribution in [0.15, 0.2) is 18.6 Å². The van der Waals surface area contributed by atoms with Crippen molar-refractivity contribution in [3.63, 3.8) is 0 Å². The Labute approximate surface area is 84.3 Å². The van der Waals surface area contributed by atoms with E-state index in [1.54, 1.807) is 6.07 Å². The van der Waals surface area contributed by atoms with Gasteiger partial charge in [-0.15, -0.1) is 0 Å². The first-order chi connectivity index (χ1) is 6.72. The molecule has 6 heteroatoms. The third-order valence-electron chi connectivity index (χ3n) is 1.78. The number of halogens is 1. The van der Waals surface area contributed by atoms with E-state index in [2.05, 4.69) is 14.8 Å². The third-order valence-corrected chi connectivity index (χ3v) is 2.07. The maximum Gasteiger partial charge on any atom is 0.339 e. The molecule has 0 unspecified atom stereocenters. The van der Waals surface area contributed by atoms with Crippen molar-refractivity contribution in [1.29, 1.82) is 0 Å². The summed E-state index contributed by atoms with van der Waals surface area (Å²) in [5.74, 6) is -0.424. The van der Waals surface area contributed by atoms with Crippen molar-refractivity contribution in [2.24, 2.45) is 0 Å². The molecule has 0 saturated carbocycles. The zero-order valence-electron chi connectivity index (χ0n) is 7.27. The van der Waals surface area contributed by atoms with E-state index in [4.69, 9.17) is 11.6 Å². The predicted molar refractivity (Wildman–Crippen MR) is 49.3 cm³/mol. The summed E-state index contributed by atoms with van der Waals surface area (Å²) in [6, 6.07) is 1.58. The van der Waals surface area contributed by atoms with E-state index in [9.17, 15) is 4.79 Å². The zero-order valence-corrected chi connectivity index (χ0v) is 8.02. The van der Waals surface area contributed by atoms with E-state index in [0.29, 0.717) is 16.2 Å². The van der Waals surface area contributed by atoms with Gasteiger partial charge >= 0.3 is 5.97 Å². The van der Waals surface area contributed by atoms with E-state index in [1.165, 1.54) is 24.1 Å². The predicted octanol–water partition coefficient (Wildman–Crippen LogP) is 1.17. The molecule has 0 aliphatic heterocycles. The smallest absolute Gasteiger partial charge is 0.339 e. The number of methoxy groups -OCH3 is 1. The summed E-state index contributed by atoms with van der Waals surface area (Å²) in [6.45, 7) is 0. The Balaban J connectivity index is 2.62. The Bertz CT molecular complexity index is 494. The van der Waals surface area contributed by atoms with Crippen LogP contribution < -0.4 is 0 Å². The number of carbonyl (C=O) groups excluding carboxylic acids is 1. The zero-order chi connectivity index (χ0) is 10.1. The van der Waals surface area contributed by atoms with E-state index in [0.717, 1.165) is 0 Å². The lowest BCUT2D eigenvalue weighted by molar-refractivity contribution is 0.0601. The summed E-state index contributed by atoms with van der Waals surface area (Å²) >= 11 is 5.79. The summed E-state index contributed by atoms with van der Waals surface area (Å²) in [5.41, 5.74) is 0.976. The summed E-state index contributed by atoms with van der Waals surface area (Å²) < 4.78 is 6.04. The van der Waals surface area contributed by atoms with Crippen LogP contribution in [-0.4, -0.2) is 27.7 Å². The lowest BCUT2D eigenvalue weighted by Gasteiger charge is -1.91. The van der Waals surface area contributed by atoms with Gasteiger partial charge < -0.3 is 4.74 Å². The molecule has 0 aliphatic carbocycles. The molecule has 2 aromatic rings.